The molecule has 0 amide bonds. The third kappa shape index (κ3) is 3.95. The molecule has 0 aliphatic carbocycles. The molecule has 0 spiro atoms. The van der Waals surface area contributed by atoms with Gasteiger partial charge in [-0.3, -0.25) is 0 Å². The first-order valence-corrected chi connectivity index (χ1v) is 4.97. The lowest BCUT2D eigenvalue weighted by molar-refractivity contribution is 0.0728. The van der Waals surface area contributed by atoms with E-state index in [1.54, 1.807) is 18.2 Å². The Bertz CT molecular complexity index is 320. The van der Waals surface area contributed by atoms with E-state index in [2.05, 4.69) is 5.32 Å². The molecule has 15 heavy (non-hydrogen) atoms. The van der Waals surface area contributed by atoms with Gasteiger partial charge in [-0.25, -0.2) is 0 Å². The number of rotatable bonds is 5. The van der Waals surface area contributed by atoms with E-state index in [0.29, 0.717) is 17.3 Å². The lowest BCUT2D eigenvalue weighted by Gasteiger charge is -2.13. The number of hydrogen-bond acceptors (Lipinski definition) is 4. The Morgan fingerprint density at radius 1 is 1.60 bits per heavy atom. The van der Waals surface area contributed by atoms with Crippen LogP contribution in [0.5, 0.6) is 0 Å². The van der Waals surface area contributed by atoms with Crippen molar-refractivity contribution in [1.29, 1.82) is 0 Å². The fourth-order valence-electron chi connectivity index (χ4n) is 1.16. The van der Waals surface area contributed by atoms with Crippen LogP contribution < -0.4 is 11.1 Å². The minimum absolute atomic E-state index is 0.285. The average molecular weight is 231 g/mol. The molecule has 1 aromatic rings. The van der Waals surface area contributed by atoms with Crippen LogP contribution in [0.4, 0.5) is 11.4 Å². The molecule has 1 unspecified atom stereocenters. The quantitative estimate of drug-likeness (QED) is 0.668. The van der Waals surface area contributed by atoms with Crippen LogP contribution in [0.1, 0.15) is 0 Å². The van der Waals surface area contributed by atoms with Crippen LogP contribution in [0.2, 0.25) is 5.02 Å². The van der Waals surface area contributed by atoms with E-state index < -0.39 is 6.10 Å². The molecule has 0 fully saturated rings. The summed E-state index contributed by atoms with van der Waals surface area (Å²) in [7, 11) is 1.54. The first-order chi connectivity index (χ1) is 7.13. The molecule has 4 nitrogen and oxygen atoms in total. The maximum Gasteiger partial charge on any atom is 0.0945 e. The fourth-order valence-corrected chi connectivity index (χ4v) is 1.33. The second-order valence-corrected chi connectivity index (χ2v) is 3.66. The maximum absolute atomic E-state index is 9.41. The van der Waals surface area contributed by atoms with Crippen molar-refractivity contribution in [3.8, 4) is 0 Å². The predicted molar refractivity (Wildman–Crippen MR) is 62.2 cm³/mol. The Labute approximate surface area is 94.0 Å². The van der Waals surface area contributed by atoms with Gasteiger partial charge in [-0.05, 0) is 18.2 Å². The number of nitrogen functional groups attached to an aromatic ring is 1. The SMILES string of the molecule is COCC(O)CNc1cc(Cl)ccc1N. The predicted octanol–water partition coefficient (Wildman–Crippen LogP) is 1.34. The molecule has 0 saturated heterocycles. The van der Waals surface area contributed by atoms with E-state index in [-0.39, 0.29) is 6.61 Å². The molecule has 0 heterocycles. The number of hydrogen-bond donors (Lipinski definition) is 3. The van der Waals surface area contributed by atoms with Crippen molar-refractivity contribution < 1.29 is 9.84 Å². The average Bonchev–Trinajstić information content (AvgIpc) is 2.20. The Hall–Kier alpha value is -0.970. The van der Waals surface area contributed by atoms with Crippen LogP contribution in [0.25, 0.3) is 0 Å². The van der Waals surface area contributed by atoms with Gasteiger partial charge in [0, 0.05) is 18.7 Å². The molecule has 0 aliphatic heterocycles. The standard InChI is InChI=1S/C10H15ClN2O2/c1-15-6-8(14)5-13-10-4-7(11)2-3-9(10)12/h2-4,8,13-14H,5-6,12H2,1H3. The molecule has 0 saturated carbocycles. The third-order valence-corrected chi connectivity index (χ3v) is 2.14. The number of halogens is 1. The van der Waals surface area contributed by atoms with E-state index in [9.17, 15) is 5.11 Å². The summed E-state index contributed by atoms with van der Waals surface area (Å²) in [4.78, 5) is 0. The second-order valence-electron chi connectivity index (χ2n) is 3.22. The van der Waals surface area contributed by atoms with Gasteiger partial charge in [0.2, 0.25) is 0 Å². The third-order valence-electron chi connectivity index (χ3n) is 1.90. The molecule has 0 aliphatic rings. The Morgan fingerprint density at radius 3 is 3.00 bits per heavy atom. The number of anilines is 2. The number of nitrogens with one attached hydrogen (secondary N) is 1. The van der Waals surface area contributed by atoms with Crippen molar-refractivity contribution in [2.45, 2.75) is 6.10 Å². The van der Waals surface area contributed by atoms with Gasteiger partial charge >= 0.3 is 0 Å². The van der Waals surface area contributed by atoms with Gasteiger partial charge in [-0.15, -0.1) is 0 Å². The van der Waals surface area contributed by atoms with Crippen LogP contribution in [0, 0.1) is 0 Å². The molecule has 1 atom stereocenters. The minimum Gasteiger partial charge on any atom is -0.397 e. The molecule has 5 heteroatoms. The number of ether oxygens (including phenoxy) is 1. The largest absolute Gasteiger partial charge is 0.397 e. The van der Waals surface area contributed by atoms with E-state index in [1.165, 1.54) is 7.11 Å². The molecule has 1 rings (SSSR count). The van der Waals surface area contributed by atoms with Gasteiger partial charge in [0.25, 0.3) is 0 Å². The van der Waals surface area contributed by atoms with Gasteiger partial charge in [-0.1, -0.05) is 11.6 Å². The van der Waals surface area contributed by atoms with E-state index >= 15 is 0 Å². The Kier molecular flexibility index (Phi) is 4.68. The van der Waals surface area contributed by atoms with Crippen LogP contribution in [0.3, 0.4) is 0 Å². The van der Waals surface area contributed by atoms with E-state index in [0.717, 1.165) is 5.69 Å². The second kappa shape index (κ2) is 5.80. The van der Waals surface area contributed by atoms with Gasteiger partial charge in [0.1, 0.15) is 0 Å². The Morgan fingerprint density at radius 2 is 2.33 bits per heavy atom. The van der Waals surface area contributed by atoms with E-state index in [1.807, 2.05) is 0 Å². The van der Waals surface area contributed by atoms with Crippen LogP contribution in [-0.2, 0) is 4.74 Å². The summed E-state index contributed by atoms with van der Waals surface area (Å²) in [6.45, 7) is 0.659. The maximum atomic E-state index is 9.41. The summed E-state index contributed by atoms with van der Waals surface area (Å²) < 4.78 is 4.80. The highest BCUT2D eigenvalue weighted by Gasteiger charge is 2.04. The van der Waals surface area contributed by atoms with Gasteiger partial charge in [-0.2, -0.15) is 0 Å². The summed E-state index contributed by atoms with van der Waals surface area (Å²) in [5.41, 5.74) is 7.04. The zero-order valence-electron chi connectivity index (χ0n) is 8.53. The normalized spacial score (nSPS) is 12.5. The molecule has 0 radical (unpaired) electrons. The van der Waals surface area contributed by atoms with Crippen molar-refractivity contribution in [3.05, 3.63) is 23.2 Å². The lowest BCUT2D eigenvalue weighted by Crippen LogP contribution is -2.24. The number of benzene rings is 1. The molecular formula is C10H15ClN2O2. The highest BCUT2D eigenvalue weighted by atomic mass is 35.5. The van der Waals surface area contributed by atoms with Crippen LogP contribution in [-0.4, -0.2) is 31.5 Å². The van der Waals surface area contributed by atoms with Gasteiger partial charge < -0.3 is 20.9 Å². The van der Waals surface area contributed by atoms with Gasteiger partial charge in [0.05, 0.1) is 24.1 Å². The summed E-state index contributed by atoms with van der Waals surface area (Å²) in [6, 6.07) is 5.15. The van der Waals surface area contributed by atoms with Crippen LogP contribution >= 0.6 is 11.6 Å². The van der Waals surface area contributed by atoms with Crippen molar-refractivity contribution in [1.82, 2.24) is 0 Å². The van der Waals surface area contributed by atoms with Crippen molar-refractivity contribution in [3.63, 3.8) is 0 Å². The first-order valence-electron chi connectivity index (χ1n) is 4.59. The first kappa shape index (κ1) is 12.1. The molecule has 84 valence electrons. The summed E-state index contributed by atoms with van der Waals surface area (Å²) in [5.74, 6) is 0. The molecular weight excluding hydrogens is 216 g/mol. The van der Waals surface area contributed by atoms with Gasteiger partial charge in [0.15, 0.2) is 0 Å². The van der Waals surface area contributed by atoms with Crippen molar-refractivity contribution in [2.75, 3.05) is 31.3 Å². The smallest absolute Gasteiger partial charge is 0.0945 e. The number of methoxy groups -OCH3 is 1. The highest BCUT2D eigenvalue weighted by molar-refractivity contribution is 6.31. The summed E-state index contributed by atoms with van der Waals surface area (Å²) in [6.07, 6.45) is -0.562. The topological polar surface area (TPSA) is 67.5 Å². The molecule has 0 aromatic heterocycles. The summed E-state index contributed by atoms with van der Waals surface area (Å²) in [5, 5.41) is 13.0. The number of aliphatic hydroxyl groups excluding tert-OH is 1. The molecule has 0 bridgehead atoms. The lowest BCUT2D eigenvalue weighted by atomic mass is 10.2. The molecule has 4 N–H and O–H groups in total. The minimum atomic E-state index is -0.562. The van der Waals surface area contributed by atoms with Crippen molar-refractivity contribution >= 4 is 23.0 Å². The Balaban J connectivity index is 2.53. The van der Waals surface area contributed by atoms with E-state index in [4.69, 9.17) is 22.1 Å². The zero-order chi connectivity index (χ0) is 11.3. The van der Waals surface area contributed by atoms with Crippen LogP contribution in [0.15, 0.2) is 18.2 Å². The zero-order valence-corrected chi connectivity index (χ0v) is 9.29. The van der Waals surface area contributed by atoms with Crippen molar-refractivity contribution in [2.24, 2.45) is 0 Å². The molecule has 1 aromatic carbocycles. The number of aliphatic hydroxyl groups is 1. The number of nitrogens with two attached hydrogens (primary N) is 1. The fraction of sp³-hybridized carbons (Fsp3) is 0.400. The summed E-state index contributed by atoms with van der Waals surface area (Å²) >= 11 is 5.81. The highest BCUT2D eigenvalue weighted by Crippen LogP contribution is 2.22. The monoisotopic (exact) mass is 230 g/mol.